The molecule has 0 saturated carbocycles. The molecular weight excluding hydrogens is 318 g/mol. The molecule has 0 atom stereocenters. The first-order chi connectivity index (χ1) is 11.1. The van der Waals surface area contributed by atoms with E-state index in [1.54, 1.807) is 0 Å². The third-order valence-corrected chi connectivity index (χ3v) is 4.55. The molecule has 0 N–H and O–H groups in total. The highest BCUT2D eigenvalue weighted by Crippen LogP contribution is 2.12. The van der Waals surface area contributed by atoms with Gasteiger partial charge in [-0.05, 0) is 6.42 Å². The maximum Gasteiger partial charge on any atom is 0.102 e. The van der Waals surface area contributed by atoms with Gasteiger partial charge in [0.15, 0.2) is 0 Å². The van der Waals surface area contributed by atoms with Gasteiger partial charge in [-0.2, -0.15) is 0 Å². The average molecular weight is 364 g/mol. The summed E-state index contributed by atoms with van der Waals surface area (Å²) in [6, 6.07) is 0. The van der Waals surface area contributed by atoms with Crippen LogP contribution >= 0.6 is 0 Å². The smallest absolute Gasteiger partial charge is 0.102 e. The van der Waals surface area contributed by atoms with Crippen LogP contribution in [0.25, 0.3) is 0 Å². The van der Waals surface area contributed by atoms with E-state index in [1.807, 2.05) is 0 Å². The zero-order chi connectivity index (χ0) is 17.2. The molecule has 0 rings (SSSR count). The van der Waals surface area contributed by atoms with Gasteiger partial charge in [-0.1, -0.05) is 90.4 Å². The van der Waals surface area contributed by atoms with Gasteiger partial charge >= 0.3 is 0 Å². The molecule has 24 heavy (non-hydrogen) atoms. The Kier molecular flexibility index (Phi) is 21.5. The van der Waals surface area contributed by atoms with Crippen molar-refractivity contribution in [3.8, 4) is 0 Å². The summed E-state index contributed by atoms with van der Waals surface area (Å²) >= 11 is 0. The highest BCUT2D eigenvalue weighted by molar-refractivity contribution is 4.49. The standard InChI is InChI=1S/C21H46NO.ClH/c1-5-6-7-8-9-10-11-12-13-14-15-16-17-18-20-23-21-19-22(2,3)4;/h5-21H2,1-4H3;1H/q+1;/p-1. The van der Waals surface area contributed by atoms with E-state index in [0.29, 0.717) is 0 Å². The molecule has 0 aliphatic carbocycles. The Labute approximate surface area is 159 Å². The summed E-state index contributed by atoms with van der Waals surface area (Å²) in [4.78, 5) is 0. The number of quaternary nitrogens is 1. The van der Waals surface area contributed by atoms with Crippen molar-refractivity contribution in [2.75, 3.05) is 40.9 Å². The van der Waals surface area contributed by atoms with Crippen LogP contribution in [0.15, 0.2) is 0 Å². The van der Waals surface area contributed by atoms with Crippen molar-refractivity contribution in [3.63, 3.8) is 0 Å². The van der Waals surface area contributed by atoms with Gasteiger partial charge in [0.05, 0.1) is 27.7 Å². The summed E-state index contributed by atoms with van der Waals surface area (Å²) < 4.78 is 6.70. The summed E-state index contributed by atoms with van der Waals surface area (Å²) in [5, 5.41) is 0. The minimum Gasteiger partial charge on any atom is -1.00 e. The second-order valence-electron chi connectivity index (χ2n) is 8.22. The van der Waals surface area contributed by atoms with Crippen molar-refractivity contribution >= 4 is 0 Å². The first kappa shape index (κ1) is 26.4. The predicted molar refractivity (Wildman–Crippen MR) is 104 cm³/mol. The van der Waals surface area contributed by atoms with Crippen LogP contribution in [-0.4, -0.2) is 45.4 Å². The van der Waals surface area contributed by atoms with Crippen LogP contribution in [-0.2, 0) is 4.74 Å². The van der Waals surface area contributed by atoms with Gasteiger partial charge in [0, 0.05) is 6.61 Å². The fraction of sp³-hybridized carbons (Fsp3) is 1.00. The van der Waals surface area contributed by atoms with E-state index in [2.05, 4.69) is 28.1 Å². The second-order valence-corrected chi connectivity index (χ2v) is 8.22. The molecular formula is C21H46ClNO. The minimum atomic E-state index is 0. The SMILES string of the molecule is CCCCCCCCCCCCCCCCOCC[N+](C)(C)C.[Cl-]. The Morgan fingerprint density at radius 1 is 0.542 bits per heavy atom. The number of nitrogens with zero attached hydrogens (tertiary/aromatic N) is 1. The van der Waals surface area contributed by atoms with Crippen LogP contribution in [0.2, 0.25) is 0 Å². The van der Waals surface area contributed by atoms with Gasteiger partial charge < -0.3 is 21.6 Å². The molecule has 3 heteroatoms. The molecule has 0 heterocycles. The van der Waals surface area contributed by atoms with E-state index < -0.39 is 0 Å². The average Bonchev–Trinajstić information content (AvgIpc) is 2.49. The van der Waals surface area contributed by atoms with Gasteiger partial charge in [0.1, 0.15) is 6.54 Å². The van der Waals surface area contributed by atoms with Crippen molar-refractivity contribution in [3.05, 3.63) is 0 Å². The zero-order valence-corrected chi connectivity index (χ0v) is 18.0. The largest absolute Gasteiger partial charge is 1.00 e. The molecule has 0 fully saturated rings. The molecule has 2 nitrogen and oxygen atoms in total. The van der Waals surface area contributed by atoms with Crippen LogP contribution in [0.3, 0.4) is 0 Å². The number of rotatable bonds is 18. The molecule has 0 aliphatic heterocycles. The minimum absolute atomic E-state index is 0. The van der Waals surface area contributed by atoms with Crippen LogP contribution in [0.5, 0.6) is 0 Å². The third-order valence-electron chi connectivity index (χ3n) is 4.55. The van der Waals surface area contributed by atoms with Crippen molar-refractivity contribution in [2.45, 2.75) is 96.8 Å². The summed E-state index contributed by atoms with van der Waals surface area (Å²) in [7, 11) is 6.65. The number of hydrogen-bond donors (Lipinski definition) is 0. The Hall–Kier alpha value is 0.210. The normalized spacial score (nSPS) is 11.5. The van der Waals surface area contributed by atoms with E-state index in [4.69, 9.17) is 4.74 Å². The lowest BCUT2D eigenvalue weighted by molar-refractivity contribution is -0.870. The maximum atomic E-state index is 5.70. The molecule has 0 unspecified atom stereocenters. The molecule has 148 valence electrons. The highest BCUT2D eigenvalue weighted by Gasteiger charge is 2.05. The molecule has 0 radical (unpaired) electrons. The van der Waals surface area contributed by atoms with Crippen molar-refractivity contribution < 1.29 is 21.6 Å². The number of halogens is 1. The van der Waals surface area contributed by atoms with Crippen LogP contribution < -0.4 is 12.4 Å². The van der Waals surface area contributed by atoms with Crippen molar-refractivity contribution in [1.29, 1.82) is 0 Å². The fourth-order valence-electron chi connectivity index (χ4n) is 2.84. The van der Waals surface area contributed by atoms with E-state index in [0.717, 1.165) is 24.2 Å². The lowest BCUT2D eigenvalue weighted by Gasteiger charge is -2.23. The van der Waals surface area contributed by atoms with Gasteiger partial charge in [-0.25, -0.2) is 0 Å². The number of unbranched alkanes of at least 4 members (excludes halogenated alkanes) is 13. The Balaban J connectivity index is 0. The van der Waals surface area contributed by atoms with Gasteiger partial charge in [-0.15, -0.1) is 0 Å². The summed E-state index contributed by atoms with van der Waals surface area (Å²) in [6.07, 6.45) is 19.9. The van der Waals surface area contributed by atoms with E-state index in [9.17, 15) is 0 Å². The van der Waals surface area contributed by atoms with Gasteiger partial charge in [0.25, 0.3) is 0 Å². The lowest BCUT2D eigenvalue weighted by Crippen LogP contribution is -3.00. The topological polar surface area (TPSA) is 9.23 Å². The Morgan fingerprint density at radius 2 is 0.917 bits per heavy atom. The maximum absolute atomic E-state index is 5.70. The lowest BCUT2D eigenvalue weighted by atomic mass is 10.0. The van der Waals surface area contributed by atoms with Gasteiger partial charge in [-0.3, -0.25) is 0 Å². The number of ether oxygens (including phenoxy) is 1. The van der Waals surface area contributed by atoms with Crippen molar-refractivity contribution in [2.24, 2.45) is 0 Å². The number of hydrogen-bond acceptors (Lipinski definition) is 1. The first-order valence-electron chi connectivity index (χ1n) is 10.4. The van der Waals surface area contributed by atoms with E-state index in [1.165, 1.54) is 89.9 Å². The molecule has 0 spiro atoms. The molecule has 0 saturated heterocycles. The predicted octanol–water partition coefficient (Wildman–Crippen LogP) is 3.19. The molecule has 0 aromatic rings. The van der Waals surface area contributed by atoms with E-state index in [-0.39, 0.29) is 12.4 Å². The monoisotopic (exact) mass is 363 g/mol. The summed E-state index contributed by atoms with van der Waals surface area (Å²) in [6.45, 7) is 5.26. The number of likely N-dealkylation sites (N-methyl/N-ethyl adjacent to an activating group) is 1. The fourth-order valence-corrected chi connectivity index (χ4v) is 2.84. The van der Waals surface area contributed by atoms with Crippen LogP contribution in [0, 0.1) is 0 Å². The second kappa shape index (κ2) is 19.5. The summed E-state index contributed by atoms with van der Waals surface area (Å²) in [5.74, 6) is 0. The molecule has 0 aromatic heterocycles. The van der Waals surface area contributed by atoms with Crippen molar-refractivity contribution in [1.82, 2.24) is 0 Å². The quantitative estimate of drug-likeness (QED) is 0.268. The van der Waals surface area contributed by atoms with Crippen LogP contribution in [0.1, 0.15) is 96.8 Å². The molecule has 0 bridgehead atoms. The first-order valence-corrected chi connectivity index (χ1v) is 10.4. The molecule has 0 aromatic carbocycles. The van der Waals surface area contributed by atoms with E-state index >= 15 is 0 Å². The Morgan fingerprint density at radius 3 is 1.29 bits per heavy atom. The molecule has 0 aliphatic rings. The molecule has 0 amide bonds. The zero-order valence-electron chi connectivity index (χ0n) is 17.3. The van der Waals surface area contributed by atoms with Crippen LogP contribution in [0.4, 0.5) is 0 Å². The Bertz CT molecular complexity index is 228. The third kappa shape index (κ3) is 24.5. The van der Waals surface area contributed by atoms with Gasteiger partial charge in [0.2, 0.25) is 0 Å². The summed E-state index contributed by atoms with van der Waals surface area (Å²) in [5.41, 5.74) is 0. The highest BCUT2D eigenvalue weighted by atomic mass is 35.5.